The monoisotopic (exact) mass is 259 g/mol. The van der Waals surface area contributed by atoms with Gasteiger partial charge in [-0.15, -0.1) is 0 Å². The lowest BCUT2D eigenvalue weighted by atomic mass is 10.1. The number of alkyl carbamates (subject to hydrolysis) is 1. The molecule has 0 rings (SSSR count). The van der Waals surface area contributed by atoms with Gasteiger partial charge in [0.25, 0.3) is 0 Å². The van der Waals surface area contributed by atoms with Crippen molar-refractivity contribution < 1.29 is 19.1 Å². The quantitative estimate of drug-likeness (QED) is 0.588. The van der Waals surface area contributed by atoms with Crippen molar-refractivity contribution in [2.75, 3.05) is 13.2 Å². The van der Waals surface area contributed by atoms with Gasteiger partial charge in [0, 0.05) is 6.54 Å². The highest BCUT2D eigenvalue weighted by Gasteiger charge is 2.16. The van der Waals surface area contributed by atoms with Crippen molar-refractivity contribution in [1.29, 1.82) is 0 Å². The van der Waals surface area contributed by atoms with E-state index < -0.39 is 11.7 Å². The van der Waals surface area contributed by atoms with Gasteiger partial charge in [0.2, 0.25) is 0 Å². The van der Waals surface area contributed by atoms with Gasteiger partial charge in [-0.25, -0.2) is 4.79 Å². The highest BCUT2D eigenvalue weighted by Crippen LogP contribution is 2.08. The Morgan fingerprint density at radius 1 is 1.28 bits per heavy atom. The van der Waals surface area contributed by atoms with Gasteiger partial charge in [0.15, 0.2) is 0 Å². The molecule has 1 amide bonds. The third-order valence-electron chi connectivity index (χ3n) is 2.17. The van der Waals surface area contributed by atoms with Gasteiger partial charge in [-0.05, 0) is 40.5 Å². The van der Waals surface area contributed by atoms with Crippen LogP contribution in [0.2, 0.25) is 0 Å². The van der Waals surface area contributed by atoms with E-state index in [-0.39, 0.29) is 11.9 Å². The van der Waals surface area contributed by atoms with Gasteiger partial charge in [0.05, 0.1) is 12.5 Å². The molecule has 0 radical (unpaired) electrons. The summed E-state index contributed by atoms with van der Waals surface area (Å²) in [6.45, 7) is 9.96. The third kappa shape index (κ3) is 8.84. The number of carbonyl (C=O) groups excluding carboxylic acids is 2. The maximum absolute atomic E-state index is 11.3. The van der Waals surface area contributed by atoms with Crippen LogP contribution in [-0.2, 0) is 14.3 Å². The third-order valence-corrected chi connectivity index (χ3v) is 2.17. The Labute approximate surface area is 109 Å². The Kier molecular flexibility index (Phi) is 7.39. The minimum absolute atomic E-state index is 0.134. The second-order valence-corrected chi connectivity index (χ2v) is 5.22. The van der Waals surface area contributed by atoms with E-state index in [1.54, 1.807) is 6.92 Å². The van der Waals surface area contributed by atoms with Crippen molar-refractivity contribution in [2.45, 2.75) is 53.1 Å². The Morgan fingerprint density at radius 3 is 2.39 bits per heavy atom. The summed E-state index contributed by atoms with van der Waals surface area (Å²) in [5.41, 5.74) is -0.484. The smallest absolute Gasteiger partial charge is 0.407 e. The van der Waals surface area contributed by atoms with E-state index in [0.717, 1.165) is 6.42 Å². The molecule has 0 bridgehead atoms. The number of hydrogen-bond donors (Lipinski definition) is 1. The molecule has 1 unspecified atom stereocenters. The Balaban J connectivity index is 3.67. The lowest BCUT2D eigenvalue weighted by Crippen LogP contribution is -2.33. The van der Waals surface area contributed by atoms with Crippen LogP contribution in [0.25, 0.3) is 0 Å². The standard InChI is InChI=1S/C13H25NO4/c1-6-17-11(15)10(2)8-7-9-14-12(16)18-13(3,4)5/h10H,6-9H2,1-5H3,(H,14,16). The number of carbonyl (C=O) groups is 2. The van der Waals surface area contributed by atoms with Crippen LogP contribution in [0.4, 0.5) is 4.79 Å². The Morgan fingerprint density at radius 2 is 1.89 bits per heavy atom. The van der Waals surface area contributed by atoms with Crippen molar-refractivity contribution in [3.63, 3.8) is 0 Å². The zero-order valence-electron chi connectivity index (χ0n) is 12.0. The molecule has 0 aliphatic carbocycles. The van der Waals surface area contributed by atoms with Crippen molar-refractivity contribution >= 4 is 12.1 Å². The van der Waals surface area contributed by atoms with Crippen LogP contribution in [0.1, 0.15) is 47.5 Å². The average Bonchev–Trinajstić information content (AvgIpc) is 2.21. The second-order valence-electron chi connectivity index (χ2n) is 5.22. The van der Waals surface area contributed by atoms with Crippen molar-refractivity contribution in [3.8, 4) is 0 Å². The molecule has 0 heterocycles. The van der Waals surface area contributed by atoms with Crippen LogP contribution >= 0.6 is 0 Å². The second kappa shape index (κ2) is 7.95. The lowest BCUT2D eigenvalue weighted by Gasteiger charge is -2.19. The number of nitrogens with one attached hydrogen (secondary N) is 1. The highest BCUT2D eigenvalue weighted by atomic mass is 16.6. The maximum Gasteiger partial charge on any atom is 0.407 e. The number of ether oxygens (including phenoxy) is 2. The molecule has 0 fully saturated rings. The molecule has 0 saturated heterocycles. The predicted octanol–water partition coefficient (Wildman–Crippen LogP) is 2.49. The number of rotatable bonds is 6. The van der Waals surface area contributed by atoms with E-state index in [0.29, 0.717) is 19.6 Å². The van der Waals surface area contributed by atoms with Gasteiger partial charge < -0.3 is 14.8 Å². The number of hydrogen-bond acceptors (Lipinski definition) is 4. The largest absolute Gasteiger partial charge is 0.466 e. The molecule has 0 aromatic rings. The lowest BCUT2D eigenvalue weighted by molar-refractivity contribution is -0.147. The number of esters is 1. The molecule has 0 aliphatic heterocycles. The first-order chi connectivity index (χ1) is 8.26. The van der Waals surface area contributed by atoms with Crippen LogP contribution in [0.15, 0.2) is 0 Å². The average molecular weight is 259 g/mol. The van der Waals surface area contributed by atoms with E-state index in [1.165, 1.54) is 0 Å². The van der Waals surface area contributed by atoms with Crippen LogP contribution in [0, 0.1) is 5.92 Å². The van der Waals surface area contributed by atoms with Crippen molar-refractivity contribution in [2.24, 2.45) is 5.92 Å². The molecule has 0 saturated carbocycles. The maximum atomic E-state index is 11.3. The minimum atomic E-state index is -0.484. The molecule has 0 aromatic heterocycles. The first-order valence-electron chi connectivity index (χ1n) is 6.39. The number of amides is 1. The molecule has 5 nitrogen and oxygen atoms in total. The molecule has 0 spiro atoms. The summed E-state index contributed by atoms with van der Waals surface area (Å²) >= 11 is 0. The SMILES string of the molecule is CCOC(=O)C(C)CCCNC(=O)OC(C)(C)C. The fourth-order valence-electron chi connectivity index (χ4n) is 1.32. The summed E-state index contributed by atoms with van der Waals surface area (Å²) in [5.74, 6) is -0.319. The molecule has 106 valence electrons. The van der Waals surface area contributed by atoms with E-state index in [2.05, 4.69) is 5.32 Å². The molecule has 5 heteroatoms. The summed E-state index contributed by atoms with van der Waals surface area (Å²) < 4.78 is 9.99. The Hall–Kier alpha value is -1.26. The van der Waals surface area contributed by atoms with Gasteiger partial charge in [0.1, 0.15) is 5.60 Å². The summed E-state index contributed by atoms with van der Waals surface area (Å²) in [6.07, 6.45) is 0.986. The normalized spacial score (nSPS) is 12.7. The zero-order chi connectivity index (χ0) is 14.2. The predicted molar refractivity (Wildman–Crippen MR) is 69.3 cm³/mol. The minimum Gasteiger partial charge on any atom is -0.466 e. The molecule has 1 atom stereocenters. The molecule has 18 heavy (non-hydrogen) atoms. The molecular weight excluding hydrogens is 234 g/mol. The van der Waals surface area contributed by atoms with E-state index in [1.807, 2.05) is 27.7 Å². The van der Waals surface area contributed by atoms with Gasteiger partial charge in [-0.2, -0.15) is 0 Å². The Bertz CT molecular complexity index is 271. The molecule has 0 aliphatic rings. The summed E-state index contributed by atoms with van der Waals surface area (Å²) in [6, 6.07) is 0. The highest BCUT2D eigenvalue weighted by molar-refractivity contribution is 5.71. The molecule has 1 N–H and O–H groups in total. The molecule has 0 aromatic carbocycles. The first-order valence-corrected chi connectivity index (χ1v) is 6.39. The van der Waals surface area contributed by atoms with E-state index in [4.69, 9.17) is 9.47 Å². The van der Waals surface area contributed by atoms with Crippen LogP contribution in [-0.4, -0.2) is 30.8 Å². The molecular formula is C13H25NO4. The summed E-state index contributed by atoms with van der Waals surface area (Å²) in [7, 11) is 0. The van der Waals surface area contributed by atoms with Crippen molar-refractivity contribution in [1.82, 2.24) is 5.32 Å². The zero-order valence-corrected chi connectivity index (χ0v) is 12.0. The fourth-order valence-corrected chi connectivity index (χ4v) is 1.32. The van der Waals surface area contributed by atoms with E-state index >= 15 is 0 Å². The summed E-state index contributed by atoms with van der Waals surface area (Å²) in [4.78, 5) is 22.6. The van der Waals surface area contributed by atoms with Gasteiger partial charge in [-0.1, -0.05) is 6.92 Å². The van der Waals surface area contributed by atoms with Gasteiger partial charge in [-0.3, -0.25) is 4.79 Å². The topological polar surface area (TPSA) is 64.6 Å². The van der Waals surface area contributed by atoms with Crippen LogP contribution < -0.4 is 5.32 Å². The fraction of sp³-hybridized carbons (Fsp3) is 0.846. The first kappa shape index (κ1) is 16.7. The summed E-state index contributed by atoms with van der Waals surface area (Å²) in [5, 5.41) is 2.65. The van der Waals surface area contributed by atoms with Crippen LogP contribution in [0.5, 0.6) is 0 Å². The van der Waals surface area contributed by atoms with Crippen LogP contribution in [0.3, 0.4) is 0 Å². The van der Waals surface area contributed by atoms with Crippen molar-refractivity contribution in [3.05, 3.63) is 0 Å². The van der Waals surface area contributed by atoms with Gasteiger partial charge >= 0.3 is 12.1 Å². The van der Waals surface area contributed by atoms with E-state index in [9.17, 15) is 9.59 Å².